The molecule has 2 aromatic heterocycles. The third-order valence-corrected chi connectivity index (χ3v) is 2.94. The molecule has 0 aliphatic carbocycles. The van der Waals surface area contributed by atoms with Gasteiger partial charge in [0, 0.05) is 13.1 Å². The number of rotatable bonds is 4. The number of carbonyl (C=O) groups is 1. The van der Waals surface area contributed by atoms with Crippen molar-refractivity contribution < 1.29 is 9.90 Å². The van der Waals surface area contributed by atoms with Crippen molar-refractivity contribution in [3.05, 3.63) is 26.7 Å². The van der Waals surface area contributed by atoms with Crippen LogP contribution in [-0.2, 0) is 13.1 Å². The fourth-order valence-corrected chi connectivity index (χ4v) is 2.18. The molecule has 0 saturated carbocycles. The summed E-state index contributed by atoms with van der Waals surface area (Å²) in [5.41, 5.74) is -0.961. The molecule has 0 aromatic carbocycles. The lowest BCUT2D eigenvalue weighted by Crippen LogP contribution is -2.32. The molecule has 8 nitrogen and oxygen atoms in total. The Hall–Kier alpha value is -2.38. The number of H-pyrrole nitrogens is 1. The number of aromatic nitrogens is 4. The quantitative estimate of drug-likeness (QED) is 0.834. The lowest BCUT2D eigenvalue weighted by atomic mass is 10.2. The van der Waals surface area contributed by atoms with E-state index >= 15 is 0 Å². The third kappa shape index (κ3) is 2.13. The van der Waals surface area contributed by atoms with Gasteiger partial charge in [0.1, 0.15) is 0 Å². The number of aryl methyl sites for hydroxylation is 1. The zero-order valence-corrected chi connectivity index (χ0v) is 11.5. The van der Waals surface area contributed by atoms with Crippen LogP contribution in [0.1, 0.15) is 31.4 Å². The minimum Gasteiger partial charge on any atom is -0.475 e. The number of aromatic amines is 1. The van der Waals surface area contributed by atoms with Gasteiger partial charge in [-0.3, -0.25) is 14.3 Å². The fourth-order valence-electron chi connectivity index (χ4n) is 2.18. The highest BCUT2D eigenvalue weighted by Crippen LogP contribution is 2.12. The van der Waals surface area contributed by atoms with E-state index in [1.54, 1.807) is 6.92 Å². The van der Waals surface area contributed by atoms with Crippen molar-refractivity contribution >= 4 is 17.1 Å². The predicted molar refractivity (Wildman–Crippen MR) is 72.1 cm³/mol. The first-order valence-corrected chi connectivity index (χ1v) is 6.33. The maximum atomic E-state index is 11.9. The Morgan fingerprint density at radius 2 is 2.00 bits per heavy atom. The Morgan fingerprint density at radius 1 is 1.35 bits per heavy atom. The molecule has 2 heterocycles. The minimum absolute atomic E-state index is 0.116. The van der Waals surface area contributed by atoms with Crippen molar-refractivity contribution in [2.45, 2.75) is 33.9 Å². The van der Waals surface area contributed by atoms with Gasteiger partial charge >= 0.3 is 11.7 Å². The van der Waals surface area contributed by atoms with Crippen LogP contribution in [0.5, 0.6) is 0 Å². The normalized spacial score (nSPS) is 11.4. The Morgan fingerprint density at radius 3 is 2.50 bits per heavy atom. The van der Waals surface area contributed by atoms with Gasteiger partial charge < -0.3 is 9.67 Å². The van der Waals surface area contributed by atoms with E-state index in [0.29, 0.717) is 6.54 Å². The molecule has 2 aromatic rings. The molecule has 8 heteroatoms. The second kappa shape index (κ2) is 4.95. The summed E-state index contributed by atoms with van der Waals surface area (Å²) in [7, 11) is 0. The molecule has 2 rings (SSSR count). The summed E-state index contributed by atoms with van der Waals surface area (Å²) < 4.78 is 2.60. The average Bonchev–Trinajstić information content (AvgIpc) is 2.73. The standard InChI is InChI=1S/C12H16N4O4/c1-4-15-7-8(13-9(15)11(18)19)16(5-6(2)3)12(20)14-10(7)17/h6H,4-5H2,1-3H3,(H,18,19)(H,14,17,20). The number of hydrogen-bond acceptors (Lipinski definition) is 4. The zero-order valence-electron chi connectivity index (χ0n) is 11.5. The van der Waals surface area contributed by atoms with E-state index in [9.17, 15) is 14.4 Å². The van der Waals surface area contributed by atoms with Crippen LogP contribution in [0.2, 0.25) is 0 Å². The summed E-state index contributed by atoms with van der Waals surface area (Å²) >= 11 is 0. The lowest BCUT2D eigenvalue weighted by molar-refractivity contribution is 0.0679. The Bertz CT molecular complexity index is 781. The van der Waals surface area contributed by atoms with Gasteiger partial charge in [0.25, 0.3) is 5.56 Å². The van der Waals surface area contributed by atoms with Gasteiger partial charge in [0.2, 0.25) is 5.82 Å². The Labute approximate surface area is 113 Å². The number of nitrogens with one attached hydrogen (secondary N) is 1. The number of imidazole rings is 1. The molecule has 0 bridgehead atoms. The van der Waals surface area contributed by atoms with Gasteiger partial charge in [-0.2, -0.15) is 0 Å². The summed E-state index contributed by atoms with van der Waals surface area (Å²) in [6.45, 7) is 6.18. The smallest absolute Gasteiger partial charge is 0.372 e. The molecule has 20 heavy (non-hydrogen) atoms. The van der Waals surface area contributed by atoms with Crippen molar-refractivity contribution in [2.75, 3.05) is 0 Å². The van der Waals surface area contributed by atoms with E-state index in [0.717, 1.165) is 0 Å². The Balaban J connectivity index is 2.92. The van der Waals surface area contributed by atoms with E-state index in [1.165, 1.54) is 9.13 Å². The molecule has 0 radical (unpaired) electrons. The maximum Gasteiger partial charge on any atom is 0.372 e. The van der Waals surface area contributed by atoms with Crippen LogP contribution >= 0.6 is 0 Å². The molecule has 0 unspecified atom stereocenters. The van der Waals surface area contributed by atoms with Crippen LogP contribution < -0.4 is 11.2 Å². The second-order valence-electron chi connectivity index (χ2n) is 4.92. The van der Waals surface area contributed by atoms with Crippen molar-refractivity contribution in [2.24, 2.45) is 5.92 Å². The SMILES string of the molecule is CCn1c(C(=O)O)nc2c1c(=O)[nH]c(=O)n2CC(C)C. The molecule has 0 saturated heterocycles. The van der Waals surface area contributed by atoms with Crippen LogP contribution in [0.3, 0.4) is 0 Å². The van der Waals surface area contributed by atoms with Crippen molar-refractivity contribution in [1.29, 1.82) is 0 Å². The van der Waals surface area contributed by atoms with E-state index in [-0.39, 0.29) is 29.5 Å². The largest absolute Gasteiger partial charge is 0.475 e. The van der Waals surface area contributed by atoms with Gasteiger partial charge in [-0.15, -0.1) is 0 Å². The van der Waals surface area contributed by atoms with Crippen molar-refractivity contribution in [3.8, 4) is 0 Å². The molecule has 0 atom stereocenters. The highest BCUT2D eigenvalue weighted by molar-refractivity contribution is 5.88. The molecular weight excluding hydrogens is 264 g/mol. The first-order valence-electron chi connectivity index (χ1n) is 6.33. The first-order chi connectivity index (χ1) is 9.36. The zero-order chi connectivity index (χ0) is 15.0. The number of fused-ring (bicyclic) bond motifs is 1. The number of aromatic carboxylic acids is 1. The molecular formula is C12H16N4O4. The number of carboxylic acids is 1. The van der Waals surface area contributed by atoms with Gasteiger partial charge in [0.05, 0.1) is 0 Å². The van der Waals surface area contributed by atoms with E-state index in [4.69, 9.17) is 5.11 Å². The van der Waals surface area contributed by atoms with Gasteiger partial charge in [-0.25, -0.2) is 14.6 Å². The van der Waals surface area contributed by atoms with Gasteiger partial charge in [0.15, 0.2) is 11.2 Å². The number of nitrogens with zero attached hydrogens (tertiary/aromatic N) is 3. The van der Waals surface area contributed by atoms with Gasteiger partial charge in [-0.05, 0) is 12.8 Å². The topological polar surface area (TPSA) is 110 Å². The third-order valence-electron chi connectivity index (χ3n) is 2.94. The van der Waals surface area contributed by atoms with Gasteiger partial charge in [-0.1, -0.05) is 13.8 Å². The Kier molecular flexibility index (Phi) is 3.47. The maximum absolute atomic E-state index is 11.9. The van der Waals surface area contributed by atoms with Crippen molar-refractivity contribution in [3.63, 3.8) is 0 Å². The predicted octanol–water partition coefficient (Wildman–Crippen LogP) is 0.260. The summed E-state index contributed by atoms with van der Waals surface area (Å²) in [6, 6.07) is 0. The minimum atomic E-state index is -1.23. The van der Waals surface area contributed by atoms with E-state index < -0.39 is 17.2 Å². The molecule has 0 fully saturated rings. The van der Waals surface area contributed by atoms with Crippen molar-refractivity contribution in [1.82, 2.24) is 19.1 Å². The second-order valence-corrected chi connectivity index (χ2v) is 4.92. The molecule has 0 aliphatic rings. The molecule has 0 amide bonds. The molecule has 108 valence electrons. The van der Waals surface area contributed by atoms with E-state index in [1.807, 2.05) is 13.8 Å². The summed E-state index contributed by atoms with van der Waals surface area (Å²) in [5, 5.41) is 9.15. The molecule has 0 spiro atoms. The monoisotopic (exact) mass is 280 g/mol. The average molecular weight is 280 g/mol. The fraction of sp³-hybridized carbons (Fsp3) is 0.500. The number of hydrogen-bond donors (Lipinski definition) is 2. The number of carboxylic acid groups (broad SMARTS) is 1. The summed E-state index contributed by atoms with van der Waals surface area (Å²) in [6.07, 6.45) is 0. The lowest BCUT2D eigenvalue weighted by Gasteiger charge is -2.08. The summed E-state index contributed by atoms with van der Waals surface area (Å²) in [4.78, 5) is 41.2. The van der Waals surface area contributed by atoms with Crippen LogP contribution in [0.15, 0.2) is 9.59 Å². The highest BCUT2D eigenvalue weighted by atomic mass is 16.4. The van der Waals surface area contributed by atoms with Crippen LogP contribution in [0.4, 0.5) is 0 Å². The highest BCUT2D eigenvalue weighted by Gasteiger charge is 2.21. The van der Waals surface area contributed by atoms with Crippen LogP contribution in [0, 0.1) is 5.92 Å². The van der Waals surface area contributed by atoms with E-state index in [2.05, 4.69) is 9.97 Å². The summed E-state index contributed by atoms with van der Waals surface area (Å²) in [5.74, 6) is -1.32. The first kappa shape index (κ1) is 14.0. The van der Waals surface area contributed by atoms with Crippen LogP contribution in [-0.4, -0.2) is 30.2 Å². The van der Waals surface area contributed by atoms with Crippen LogP contribution in [0.25, 0.3) is 11.2 Å². The molecule has 2 N–H and O–H groups in total. The molecule has 0 aliphatic heterocycles.